The molecule has 0 spiro atoms. The lowest BCUT2D eigenvalue weighted by molar-refractivity contribution is 0.0948. The van der Waals surface area contributed by atoms with Crippen LogP contribution in [0.2, 0.25) is 0 Å². The van der Waals surface area contributed by atoms with Crippen molar-refractivity contribution in [1.29, 1.82) is 0 Å². The lowest BCUT2D eigenvalue weighted by atomic mass is 9.55. The highest BCUT2D eigenvalue weighted by atomic mass is 16.3. The maximum Gasteiger partial charge on any atom is 0.115 e. The SMILES string of the molecule is CN(C)N=C1CC[C@H]2[C@@H]3CCc4cc(O)ccc4[C@H]3CC[C@]12C. The highest BCUT2D eigenvalue weighted by molar-refractivity contribution is 5.92. The van der Waals surface area contributed by atoms with Crippen LogP contribution in [-0.2, 0) is 6.42 Å². The second kappa shape index (κ2) is 5.25. The molecule has 0 aliphatic heterocycles. The smallest absolute Gasteiger partial charge is 0.115 e. The largest absolute Gasteiger partial charge is 0.508 e. The van der Waals surface area contributed by atoms with Crippen LogP contribution in [0.15, 0.2) is 23.3 Å². The Morgan fingerprint density at radius 1 is 1.17 bits per heavy atom. The Morgan fingerprint density at radius 2 is 2.00 bits per heavy atom. The zero-order valence-electron chi connectivity index (χ0n) is 14.5. The molecule has 0 amide bonds. The summed E-state index contributed by atoms with van der Waals surface area (Å²) in [4.78, 5) is 0. The molecule has 4 atom stereocenters. The molecule has 1 aromatic carbocycles. The van der Waals surface area contributed by atoms with Gasteiger partial charge >= 0.3 is 0 Å². The van der Waals surface area contributed by atoms with Gasteiger partial charge in [0, 0.05) is 25.2 Å². The number of nitrogens with zero attached hydrogens (tertiary/aromatic N) is 2. The van der Waals surface area contributed by atoms with Crippen LogP contribution in [0.5, 0.6) is 5.75 Å². The molecule has 23 heavy (non-hydrogen) atoms. The van der Waals surface area contributed by atoms with Crippen molar-refractivity contribution >= 4 is 5.71 Å². The molecule has 124 valence electrons. The summed E-state index contributed by atoms with van der Waals surface area (Å²) in [5.74, 6) is 2.68. The van der Waals surface area contributed by atoms with Gasteiger partial charge in [0.2, 0.25) is 0 Å². The van der Waals surface area contributed by atoms with E-state index in [0.29, 0.717) is 17.1 Å². The van der Waals surface area contributed by atoms with Crippen molar-refractivity contribution in [2.45, 2.75) is 51.4 Å². The molecule has 0 saturated heterocycles. The third-order valence-electron chi connectivity index (χ3n) is 6.77. The minimum absolute atomic E-state index is 0.305. The van der Waals surface area contributed by atoms with E-state index in [1.807, 2.05) is 31.2 Å². The number of benzene rings is 1. The monoisotopic (exact) mass is 312 g/mol. The Kier molecular flexibility index (Phi) is 3.44. The lowest BCUT2D eigenvalue weighted by Gasteiger charge is -2.49. The molecule has 0 bridgehead atoms. The first kappa shape index (κ1) is 15.0. The third kappa shape index (κ3) is 2.28. The molecule has 4 rings (SSSR count). The molecule has 2 saturated carbocycles. The van der Waals surface area contributed by atoms with Gasteiger partial charge in [-0.05, 0) is 79.5 Å². The van der Waals surface area contributed by atoms with Gasteiger partial charge in [-0.2, -0.15) is 5.10 Å². The second-order valence-electron chi connectivity index (χ2n) is 8.19. The van der Waals surface area contributed by atoms with E-state index in [1.165, 1.54) is 48.9 Å². The average Bonchev–Trinajstić information content (AvgIpc) is 2.83. The van der Waals surface area contributed by atoms with Crippen LogP contribution in [0.4, 0.5) is 0 Å². The number of phenols is 1. The van der Waals surface area contributed by atoms with Gasteiger partial charge in [0.15, 0.2) is 0 Å². The van der Waals surface area contributed by atoms with Crippen molar-refractivity contribution in [1.82, 2.24) is 5.01 Å². The first-order valence-corrected chi connectivity index (χ1v) is 9.06. The third-order valence-corrected chi connectivity index (χ3v) is 6.77. The topological polar surface area (TPSA) is 35.8 Å². The molecule has 3 aliphatic rings. The summed E-state index contributed by atoms with van der Waals surface area (Å²) in [5.41, 5.74) is 4.64. The number of phenolic OH excluding ortho intramolecular Hbond substituents is 1. The normalized spacial score (nSPS) is 37.2. The Hall–Kier alpha value is -1.51. The van der Waals surface area contributed by atoms with Gasteiger partial charge < -0.3 is 10.1 Å². The predicted octanol–water partition coefficient (Wildman–Crippen LogP) is 4.17. The molecule has 0 unspecified atom stereocenters. The fraction of sp³-hybridized carbons (Fsp3) is 0.650. The summed E-state index contributed by atoms with van der Waals surface area (Å²) >= 11 is 0. The molecule has 0 heterocycles. The van der Waals surface area contributed by atoms with Crippen LogP contribution in [0.3, 0.4) is 0 Å². The van der Waals surface area contributed by atoms with Crippen molar-refractivity contribution in [2.75, 3.05) is 14.1 Å². The second-order valence-corrected chi connectivity index (χ2v) is 8.19. The van der Waals surface area contributed by atoms with E-state index in [-0.39, 0.29) is 0 Å². The van der Waals surface area contributed by atoms with Crippen molar-refractivity contribution in [3.05, 3.63) is 29.3 Å². The molecule has 2 fully saturated rings. The predicted molar refractivity (Wildman–Crippen MR) is 93.8 cm³/mol. The Morgan fingerprint density at radius 3 is 2.78 bits per heavy atom. The number of hydrazone groups is 1. The fourth-order valence-corrected chi connectivity index (χ4v) is 5.76. The van der Waals surface area contributed by atoms with Gasteiger partial charge in [-0.1, -0.05) is 13.0 Å². The maximum atomic E-state index is 9.77. The van der Waals surface area contributed by atoms with Crippen LogP contribution in [-0.4, -0.2) is 29.9 Å². The first-order chi connectivity index (χ1) is 11.0. The first-order valence-electron chi connectivity index (χ1n) is 9.06. The molecule has 1 aromatic rings. The van der Waals surface area contributed by atoms with Crippen molar-refractivity contribution in [3.8, 4) is 5.75 Å². The highest BCUT2D eigenvalue weighted by Crippen LogP contribution is 2.59. The van der Waals surface area contributed by atoms with Gasteiger partial charge in [0.05, 0.1) is 0 Å². The summed E-state index contributed by atoms with van der Waals surface area (Å²) < 4.78 is 0. The number of rotatable bonds is 1. The Balaban J connectivity index is 1.67. The summed E-state index contributed by atoms with van der Waals surface area (Å²) in [6.07, 6.45) is 7.39. The van der Waals surface area contributed by atoms with E-state index >= 15 is 0 Å². The zero-order valence-corrected chi connectivity index (χ0v) is 14.5. The van der Waals surface area contributed by atoms with Gasteiger partial charge in [-0.15, -0.1) is 0 Å². The molecule has 0 radical (unpaired) electrons. The lowest BCUT2D eigenvalue weighted by Crippen LogP contribution is -2.42. The van der Waals surface area contributed by atoms with Gasteiger partial charge in [-0.3, -0.25) is 0 Å². The Labute approximate surface area is 139 Å². The van der Waals surface area contributed by atoms with Gasteiger partial charge in [0.25, 0.3) is 0 Å². The molecule has 1 N–H and O–H groups in total. The van der Waals surface area contributed by atoms with Crippen molar-refractivity contribution in [2.24, 2.45) is 22.4 Å². The minimum Gasteiger partial charge on any atom is -0.508 e. The zero-order chi connectivity index (χ0) is 16.2. The summed E-state index contributed by atoms with van der Waals surface area (Å²) in [6, 6.07) is 6.06. The average molecular weight is 312 g/mol. The van der Waals surface area contributed by atoms with Crippen LogP contribution in [0.1, 0.15) is 56.1 Å². The maximum absolute atomic E-state index is 9.77. The summed E-state index contributed by atoms with van der Waals surface area (Å²) in [5, 5.41) is 16.6. The quantitative estimate of drug-likeness (QED) is 0.790. The van der Waals surface area contributed by atoms with Gasteiger partial charge in [-0.25, -0.2) is 0 Å². The van der Waals surface area contributed by atoms with E-state index in [0.717, 1.165) is 18.3 Å². The number of hydrogen-bond acceptors (Lipinski definition) is 3. The fourth-order valence-electron chi connectivity index (χ4n) is 5.76. The van der Waals surface area contributed by atoms with Crippen LogP contribution >= 0.6 is 0 Å². The Bertz CT molecular complexity index is 651. The van der Waals surface area contributed by atoms with E-state index in [4.69, 9.17) is 5.10 Å². The molecule has 3 aliphatic carbocycles. The van der Waals surface area contributed by atoms with E-state index in [2.05, 4.69) is 13.0 Å². The van der Waals surface area contributed by atoms with E-state index < -0.39 is 0 Å². The molecule has 3 nitrogen and oxygen atoms in total. The van der Waals surface area contributed by atoms with Crippen LogP contribution in [0, 0.1) is 17.3 Å². The number of fused-ring (bicyclic) bond motifs is 5. The van der Waals surface area contributed by atoms with E-state index in [1.54, 1.807) is 0 Å². The number of aromatic hydroxyl groups is 1. The standard InChI is InChI=1S/C20H28N2O/c1-20-11-10-16-15-7-5-14(23)12-13(15)4-6-17(16)18(20)8-9-19(20)21-22(2)3/h5,7,12,16-18,23H,4,6,8-11H2,1-3H3/t16-,17-,18+,20+/m1/s1. The molecule has 3 heteroatoms. The summed E-state index contributed by atoms with van der Waals surface area (Å²) in [7, 11) is 4.08. The minimum atomic E-state index is 0.305. The highest BCUT2D eigenvalue weighted by Gasteiger charge is 2.53. The van der Waals surface area contributed by atoms with Crippen LogP contribution < -0.4 is 0 Å². The molecular weight excluding hydrogens is 284 g/mol. The van der Waals surface area contributed by atoms with Crippen molar-refractivity contribution in [3.63, 3.8) is 0 Å². The van der Waals surface area contributed by atoms with Crippen molar-refractivity contribution < 1.29 is 5.11 Å². The molecule has 0 aromatic heterocycles. The summed E-state index contributed by atoms with van der Waals surface area (Å²) in [6.45, 7) is 2.47. The van der Waals surface area contributed by atoms with Crippen LogP contribution in [0.25, 0.3) is 0 Å². The number of aryl methyl sites for hydroxylation is 1. The molecular formula is C20H28N2O. The number of hydrogen-bond donors (Lipinski definition) is 1. The van der Waals surface area contributed by atoms with E-state index in [9.17, 15) is 5.11 Å². The van der Waals surface area contributed by atoms with Gasteiger partial charge in [0.1, 0.15) is 5.75 Å².